The van der Waals surface area contributed by atoms with E-state index in [1.165, 1.54) is 18.5 Å². The second-order valence-electron chi connectivity index (χ2n) is 15.1. The minimum absolute atomic E-state index is 0.0164. The Morgan fingerprint density at radius 1 is 0.939 bits per heavy atom. The average molecular weight is 665 g/mol. The number of rotatable bonds is 6. The molecule has 2 aliphatic carbocycles. The minimum atomic E-state index is -0.641. The fourth-order valence-corrected chi connectivity index (χ4v) is 8.28. The van der Waals surface area contributed by atoms with Crippen molar-refractivity contribution in [3.63, 3.8) is 0 Å². The molecule has 11 heteroatoms. The number of Topliss-reactive ketones (excluding diaryl/α,β-unsaturated/α-hetero) is 1. The molecule has 2 amide bonds. The molecule has 10 nitrogen and oxygen atoms in total. The highest BCUT2D eigenvalue weighted by Gasteiger charge is 2.53. The number of fused-ring (bicyclic) bond motifs is 3. The first kappa shape index (κ1) is 31.6. The summed E-state index contributed by atoms with van der Waals surface area (Å²) >= 11 is 0. The molecule has 3 atom stereocenters. The molecule has 254 valence electrons. The number of likely N-dealkylation sites (tertiary alicyclic amines) is 2. The zero-order valence-electron chi connectivity index (χ0n) is 28.1. The van der Waals surface area contributed by atoms with Crippen LogP contribution in [-0.2, 0) is 9.53 Å². The van der Waals surface area contributed by atoms with Gasteiger partial charge in [0.25, 0.3) is 0 Å². The van der Waals surface area contributed by atoms with Gasteiger partial charge in [0, 0.05) is 71.6 Å². The predicted octanol–water partition coefficient (Wildman–Crippen LogP) is 6.71. The van der Waals surface area contributed by atoms with Crippen molar-refractivity contribution < 1.29 is 23.5 Å². The number of hydrogen-bond acceptors (Lipinski definition) is 7. The molecule has 4 aliphatic rings. The lowest BCUT2D eigenvalue weighted by Gasteiger charge is -2.39. The topological polar surface area (TPSA) is 111 Å². The van der Waals surface area contributed by atoms with E-state index in [1.54, 1.807) is 29.6 Å². The summed E-state index contributed by atoms with van der Waals surface area (Å²) in [4.78, 5) is 58.1. The van der Waals surface area contributed by atoms with Crippen molar-refractivity contribution in [2.75, 3.05) is 13.1 Å². The Kier molecular flexibility index (Phi) is 7.76. The highest BCUT2D eigenvalue weighted by atomic mass is 19.1. The normalized spacial score (nSPS) is 22.6. The molecule has 2 aliphatic heterocycles. The van der Waals surface area contributed by atoms with E-state index in [2.05, 4.69) is 15.0 Å². The number of pyridine rings is 1. The van der Waals surface area contributed by atoms with Gasteiger partial charge in [-0.15, -0.1) is 0 Å². The Balaban J connectivity index is 1.04. The Morgan fingerprint density at radius 2 is 1.73 bits per heavy atom. The summed E-state index contributed by atoms with van der Waals surface area (Å²) in [6.07, 6.45) is 13.9. The van der Waals surface area contributed by atoms with Crippen LogP contribution in [0.4, 0.5) is 9.18 Å². The lowest BCUT2D eigenvalue weighted by molar-refractivity contribution is -0.139. The van der Waals surface area contributed by atoms with Crippen LogP contribution in [0.5, 0.6) is 0 Å². The average Bonchev–Trinajstić information content (AvgIpc) is 3.55. The third-order valence-electron chi connectivity index (χ3n) is 10.7. The number of benzene rings is 1. The highest BCUT2D eigenvalue weighted by molar-refractivity contribution is 6.09. The van der Waals surface area contributed by atoms with E-state index in [1.807, 2.05) is 42.5 Å². The third kappa shape index (κ3) is 5.76. The predicted molar refractivity (Wildman–Crippen MR) is 181 cm³/mol. The van der Waals surface area contributed by atoms with Crippen molar-refractivity contribution in [3.05, 3.63) is 72.5 Å². The molecule has 1 aromatic carbocycles. The Hall–Kier alpha value is -4.67. The number of nitrogens with zero attached hydrogens (tertiary/aromatic N) is 6. The van der Waals surface area contributed by atoms with Gasteiger partial charge in [0.05, 0.1) is 23.1 Å². The fraction of sp³-hybridized carbons (Fsp3) is 0.474. The van der Waals surface area contributed by atoms with Gasteiger partial charge in [0.2, 0.25) is 5.91 Å². The van der Waals surface area contributed by atoms with Crippen LogP contribution in [-0.4, -0.2) is 77.9 Å². The molecule has 4 fully saturated rings. The van der Waals surface area contributed by atoms with Crippen molar-refractivity contribution in [3.8, 4) is 16.8 Å². The molecule has 0 unspecified atom stereocenters. The van der Waals surface area contributed by atoms with Crippen LogP contribution >= 0.6 is 0 Å². The highest BCUT2D eigenvalue weighted by Crippen LogP contribution is 2.46. The molecule has 0 spiro atoms. The fourth-order valence-electron chi connectivity index (χ4n) is 8.28. The Morgan fingerprint density at radius 3 is 2.49 bits per heavy atom. The number of hydrogen-bond donors (Lipinski definition) is 0. The molecular weight excluding hydrogens is 623 g/mol. The van der Waals surface area contributed by atoms with Crippen LogP contribution < -0.4 is 0 Å². The molecule has 2 saturated heterocycles. The zero-order chi connectivity index (χ0) is 34.0. The van der Waals surface area contributed by atoms with Gasteiger partial charge in [-0.2, -0.15) is 0 Å². The van der Waals surface area contributed by atoms with E-state index < -0.39 is 17.7 Å². The maximum atomic E-state index is 14.8. The molecule has 2 bridgehead atoms. The molecule has 5 heterocycles. The second-order valence-corrected chi connectivity index (χ2v) is 15.1. The van der Waals surface area contributed by atoms with Gasteiger partial charge >= 0.3 is 6.09 Å². The standard InChI is InChI=1S/C38H41FN6O4/c1-38(2,3)49-37(48)45-26-8-6-24(16-26)34(45)36(47)43-14-11-23(12-15-43)35(46)30-20-44(32-19-40-13-10-27(30)32)31-9-7-25(39)17-28(31)29-18-41-21-42-33(29)22-4-5-22/h7,9-10,13,17-24,26,34H,4-6,8,11-12,14-16H2,1-3H3/t24-,26+,34-/m0/s1. The quantitative estimate of drug-likeness (QED) is 0.211. The smallest absolute Gasteiger partial charge is 0.411 e. The number of ether oxygens (including phenoxy) is 1. The van der Waals surface area contributed by atoms with E-state index in [9.17, 15) is 18.8 Å². The van der Waals surface area contributed by atoms with Crippen LogP contribution in [0.25, 0.3) is 27.7 Å². The van der Waals surface area contributed by atoms with Gasteiger partial charge in [0.15, 0.2) is 5.78 Å². The van der Waals surface area contributed by atoms with Crippen molar-refractivity contribution >= 4 is 28.7 Å². The molecule has 0 N–H and O–H groups in total. The first-order valence-electron chi connectivity index (χ1n) is 17.5. The van der Waals surface area contributed by atoms with Crippen molar-refractivity contribution in [2.45, 2.75) is 89.3 Å². The number of carbonyl (C=O) groups is 3. The maximum Gasteiger partial charge on any atom is 0.411 e. The molecular formula is C38H41FN6O4. The number of carbonyl (C=O) groups excluding carboxylic acids is 3. The summed E-state index contributed by atoms with van der Waals surface area (Å²) in [6, 6.07) is 6.05. The summed E-state index contributed by atoms with van der Waals surface area (Å²) in [5.41, 5.74) is 3.76. The molecule has 4 aromatic rings. The maximum absolute atomic E-state index is 14.8. The number of ketones is 1. The van der Waals surface area contributed by atoms with E-state index in [4.69, 9.17) is 4.74 Å². The van der Waals surface area contributed by atoms with E-state index in [-0.39, 0.29) is 35.4 Å². The Bertz CT molecular complexity index is 1960. The molecule has 0 radical (unpaired) electrons. The van der Waals surface area contributed by atoms with Crippen LogP contribution in [0, 0.1) is 17.7 Å². The lowest BCUT2D eigenvalue weighted by Crippen LogP contribution is -2.56. The summed E-state index contributed by atoms with van der Waals surface area (Å²) in [6.45, 7) is 6.42. The van der Waals surface area contributed by atoms with Gasteiger partial charge in [-0.3, -0.25) is 19.5 Å². The summed E-state index contributed by atoms with van der Waals surface area (Å²) < 4.78 is 22.4. The van der Waals surface area contributed by atoms with Gasteiger partial charge in [0.1, 0.15) is 23.8 Å². The molecule has 8 rings (SSSR count). The minimum Gasteiger partial charge on any atom is -0.444 e. The molecule has 3 aromatic heterocycles. The van der Waals surface area contributed by atoms with Gasteiger partial charge in [-0.05, 0) is 95.9 Å². The number of piperidine rings is 2. The van der Waals surface area contributed by atoms with Gasteiger partial charge in [-0.25, -0.2) is 19.2 Å². The van der Waals surface area contributed by atoms with Crippen LogP contribution in [0.2, 0.25) is 0 Å². The second kappa shape index (κ2) is 12.0. The van der Waals surface area contributed by atoms with Gasteiger partial charge < -0.3 is 14.2 Å². The van der Waals surface area contributed by atoms with E-state index >= 15 is 0 Å². The number of halogens is 1. The molecule has 2 saturated carbocycles. The number of amides is 2. The first-order chi connectivity index (χ1) is 23.6. The van der Waals surface area contributed by atoms with Crippen LogP contribution in [0.1, 0.15) is 87.7 Å². The van der Waals surface area contributed by atoms with Crippen LogP contribution in [0.3, 0.4) is 0 Å². The lowest BCUT2D eigenvalue weighted by atomic mass is 9.88. The van der Waals surface area contributed by atoms with Gasteiger partial charge in [-0.1, -0.05) is 0 Å². The summed E-state index contributed by atoms with van der Waals surface area (Å²) in [7, 11) is 0. The van der Waals surface area contributed by atoms with E-state index in [0.29, 0.717) is 43.0 Å². The Labute approximate surface area is 284 Å². The molecule has 49 heavy (non-hydrogen) atoms. The van der Waals surface area contributed by atoms with Crippen molar-refractivity contribution in [1.29, 1.82) is 0 Å². The van der Waals surface area contributed by atoms with Crippen molar-refractivity contribution in [2.24, 2.45) is 11.8 Å². The largest absolute Gasteiger partial charge is 0.444 e. The summed E-state index contributed by atoms with van der Waals surface area (Å²) in [5, 5.41) is 0.774. The third-order valence-corrected chi connectivity index (χ3v) is 10.7. The SMILES string of the molecule is CC(C)(C)OC(=O)N1[C@@H]2CC[C@@H](C2)[C@H]1C(=O)N1CCC(C(=O)c2cn(-c3ccc(F)cc3-c3cncnc3C3CC3)c3cnccc23)CC1. The summed E-state index contributed by atoms with van der Waals surface area (Å²) in [5.74, 6) is -0.181. The number of aromatic nitrogens is 4. The monoisotopic (exact) mass is 664 g/mol. The van der Waals surface area contributed by atoms with E-state index in [0.717, 1.165) is 60.0 Å². The van der Waals surface area contributed by atoms with Crippen molar-refractivity contribution in [1.82, 2.24) is 29.3 Å². The zero-order valence-corrected chi connectivity index (χ0v) is 28.1. The first-order valence-corrected chi connectivity index (χ1v) is 17.5. The van der Waals surface area contributed by atoms with Crippen LogP contribution in [0.15, 0.2) is 55.4 Å².